The quantitative estimate of drug-likeness (QED) is 0.509. The minimum atomic E-state index is 0. The van der Waals surface area contributed by atoms with Crippen molar-refractivity contribution in [3.8, 4) is 0 Å². The summed E-state index contributed by atoms with van der Waals surface area (Å²) in [6, 6.07) is 0. The van der Waals surface area contributed by atoms with Crippen LogP contribution in [0.4, 0.5) is 0 Å². The summed E-state index contributed by atoms with van der Waals surface area (Å²) in [5.74, 6) is 0. The molecule has 0 N–H and O–H groups in total. The van der Waals surface area contributed by atoms with Crippen molar-refractivity contribution >= 4 is 0 Å². The Morgan fingerprint density at radius 1 is 1.21 bits per heavy atom. The predicted molar refractivity (Wildman–Crippen MR) is 59.6 cm³/mol. The van der Waals surface area contributed by atoms with Crippen molar-refractivity contribution in [1.82, 2.24) is 0 Å². The summed E-state index contributed by atoms with van der Waals surface area (Å²) in [7, 11) is 0. The van der Waals surface area contributed by atoms with Crippen molar-refractivity contribution < 1.29 is 20.1 Å². The molecule has 0 aromatic rings. The van der Waals surface area contributed by atoms with Gasteiger partial charge in [0.15, 0.2) is 0 Å². The molecule has 0 saturated carbocycles. The molecule has 1 radical (unpaired) electrons. The van der Waals surface area contributed by atoms with E-state index in [9.17, 15) is 0 Å². The molecule has 79 valence electrons. The minimum Gasteiger partial charge on any atom is -0.103 e. The molecule has 0 spiro atoms. The van der Waals surface area contributed by atoms with E-state index < -0.39 is 0 Å². The number of hydrogen-bond donors (Lipinski definition) is 0. The standard InChI is InChI=1S/C13H18.Ir/c1-3-5-6-7-10-13(4-2)11-8-9-12-13;/h3,7-12H,1,4-6H2,2H3;. The van der Waals surface area contributed by atoms with Crippen molar-refractivity contribution in [2.45, 2.75) is 26.2 Å². The monoisotopic (exact) mass is 367 g/mol. The van der Waals surface area contributed by atoms with E-state index in [1.54, 1.807) is 0 Å². The fourth-order valence-electron chi connectivity index (χ4n) is 1.51. The molecule has 0 amide bonds. The van der Waals surface area contributed by atoms with E-state index in [4.69, 9.17) is 0 Å². The molecule has 0 fully saturated rings. The van der Waals surface area contributed by atoms with Crippen LogP contribution in [0.1, 0.15) is 26.2 Å². The van der Waals surface area contributed by atoms with Crippen molar-refractivity contribution in [1.29, 1.82) is 0 Å². The number of hydrogen-bond acceptors (Lipinski definition) is 0. The van der Waals surface area contributed by atoms with Gasteiger partial charge in [-0.3, -0.25) is 0 Å². The SMILES string of the molecule is C=CCCC=CC1(CC)C=CC=C1.[Ir]. The van der Waals surface area contributed by atoms with Gasteiger partial charge in [-0.15, -0.1) is 6.58 Å². The summed E-state index contributed by atoms with van der Waals surface area (Å²) >= 11 is 0. The van der Waals surface area contributed by atoms with Crippen molar-refractivity contribution in [3.05, 3.63) is 49.1 Å². The van der Waals surface area contributed by atoms with Gasteiger partial charge in [0, 0.05) is 25.5 Å². The Morgan fingerprint density at radius 2 is 1.86 bits per heavy atom. The molecule has 14 heavy (non-hydrogen) atoms. The maximum absolute atomic E-state index is 3.71. The molecule has 0 heterocycles. The molecule has 0 aromatic heterocycles. The van der Waals surface area contributed by atoms with Gasteiger partial charge < -0.3 is 0 Å². The summed E-state index contributed by atoms with van der Waals surface area (Å²) in [4.78, 5) is 0. The predicted octanol–water partition coefficient (Wildman–Crippen LogP) is 4.03. The average molecular weight is 367 g/mol. The molecule has 1 heteroatoms. The van der Waals surface area contributed by atoms with Gasteiger partial charge in [-0.1, -0.05) is 49.5 Å². The summed E-state index contributed by atoms with van der Waals surface area (Å²) < 4.78 is 0. The average Bonchev–Trinajstić information content (AvgIpc) is 2.62. The topological polar surface area (TPSA) is 0 Å². The van der Waals surface area contributed by atoms with Crippen molar-refractivity contribution in [2.24, 2.45) is 5.41 Å². The van der Waals surface area contributed by atoms with Crippen LogP contribution in [0.15, 0.2) is 49.1 Å². The van der Waals surface area contributed by atoms with E-state index in [0.29, 0.717) is 0 Å². The number of unbranched alkanes of at least 4 members (excludes halogenated alkanes) is 1. The first-order chi connectivity index (χ1) is 6.33. The van der Waals surface area contributed by atoms with E-state index in [2.05, 4.69) is 50.0 Å². The zero-order chi connectivity index (χ0) is 9.57. The second kappa shape index (κ2) is 6.97. The largest absolute Gasteiger partial charge is 0.103 e. The van der Waals surface area contributed by atoms with Crippen LogP contribution in [0.5, 0.6) is 0 Å². The van der Waals surface area contributed by atoms with Gasteiger partial charge in [0.05, 0.1) is 0 Å². The first-order valence-corrected chi connectivity index (χ1v) is 4.98. The van der Waals surface area contributed by atoms with Crippen LogP contribution < -0.4 is 0 Å². The Kier molecular flexibility index (Phi) is 6.78. The Labute approximate surface area is 101 Å². The normalized spacial score (nSPS) is 17.2. The maximum atomic E-state index is 3.71. The Bertz CT molecular complexity index is 234. The third kappa shape index (κ3) is 3.77. The smallest absolute Gasteiger partial charge is 0.0245 e. The van der Waals surface area contributed by atoms with Gasteiger partial charge >= 0.3 is 0 Å². The first kappa shape index (κ1) is 13.6. The van der Waals surface area contributed by atoms with Crippen LogP contribution in [-0.4, -0.2) is 0 Å². The summed E-state index contributed by atoms with van der Waals surface area (Å²) in [5, 5.41) is 0. The van der Waals surface area contributed by atoms with Crippen LogP contribution in [0.2, 0.25) is 0 Å². The second-order valence-electron chi connectivity index (χ2n) is 3.45. The van der Waals surface area contributed by atoms with Crippen LogP contribution in [-0.2, 0) is 20.1 Å². The molecule has 0 atom stereocenters. The summed E-state index contributed by atoms with van der Waals surface area (Å²) in [6.07, 6.45) is 18.6. The van der Waals surface area contributed by atoms with E-state index in [1.165, 1.54) is 0 Å². The van der Waals surface area contributed by atoms with E-state index in [-0.39, 0.29) is 25.5 Å². The molecule has 0 aliphatic heterocycles. The number of rotatable bonds is 5. The minimum absolute atomic E-state index is 0. The molecule has 0 bridgehead atoms. The third-order valence-corrected chi connectivity index (χ3v) is 2.50. The molecular formula is C13H18Ir. The molecule has 0 nitrogen and oxygen atoms in total. The second-order valence-corrected chi connectivity index (χ2v) is 3.45. The van der Waals surface area contributed by atoms with Gasteiger partial charge in [0.25, 0.3) is 0 Å². The van der Waals surface area contributed by atoms with Crippen LogP contribution in [0.25, 0.3) is 0 Å². The Balaban J connectivity index is 0.00000169. The molecule has 1 aliphatic rings. The zero-order valence-corrected chi connectivity index (χ0v) is 11.1. The molecule has 1 rings (SSSR count). The van der Waals surface area contributed by atoms with Gasteiger partial charge in [-0.05, 0) is 19.3 Å². The van der Waals surface area contributed by atoms with Crippen LogP contribution in [0, 0.1) is 5.41 Å². The van der Waals surface area contributed by atoms with Crippen LogP contribution in [0.3, 0.4) is 0 Å². The van der Waals surface area contributed by atoms with Crippen LogP contribution >= 0.6 is 0 Å². The molecular weight excluding hydrogens is 348 g/mol. The Hall–Kier alpha value is -0.391. The van der Waals surface area contributed by atoms with Gasteiger partial charge in [-0.2, -0.15) is 0 Å². The third-order valence-electron chi connectivity index (χ3n) is 2.50. The fraction of sp³-hybridized carbons (Fsp3) is 0.385. The maximum Gasteiger partial charge on any atom is 0.0245 e. The number of allylic oxidation sites excluding steroid dienone is 7. The van der Waals surface area contributed by atoms with Gasteiger partial charge in [-0.25, -0.2) is 0 Å². The molecule has 0 saturated heterocycles. The molecule has 0 aromatic carbocycles. The molecule has 1 aliphatic carbocycles. The summed E-state index contributed by atoms with van der Waals surface area (Å²) in [6.45, 7) is 5.93. The summed E-state index contributed by atoms with van der Waals surface area (Å²) in [5.41, 5.74) is 0.209. The Morgan fingerprint density at radius 3 is 2.36 bits per heavy atom. The van der Waals surface area contributed by atoms with E-state index in [1.807, 2.05) is 6.08 Å². The van der Waals surface area contributed by atoms with Gasteiger partial charge in [0.2, 0.25) is 0 Å². The fourth-order valence-corrected chi connectivity index (χ4v) is 1.51. The van der Waals surface area contributed by atoms with E-state index >= 15 is 0 Å². The van der Waals surface area contributed by atoms with Crippen molar-refractivity contribution in [3.63, 3.8) is 0 Å². The zero-order valence-electron chi connectivity index (χ0n) is 8.70. The molecule has 0 unspecified atom stereocenters. The van der Waals surface area contributed by atoms with E-state index in [0.717, 1.165) is 19.3 Å². The first-order valence-electron chi connectivity index (χ1n) is 4.98. The van der Waals surface area contributed by atoms with Crippen molar-refractivity contribution in [2.75, 3.05) is 0 Å². The van der Waals surface area contributed by atoms with Gasteiger partial charge in [0.1, 0.15) is 0 Å².